The molecule has 0 aliphatic carbocycles. The lowest BCUT2D eigenvalue weighted by atomic mass is 10.1. The lowest BCUT2D eigenvalue weighted by Crippen LogP contribution is -2.45. The Kier molecular flexibility index (Phi) is 9.48. The van der Waals surface area contributed by atoms with E-state index in [9.17, 15) is 9.59 Å². The molecule has 1 heterocycles. The molecular weight excluding hydrogens is 434 g/mol. The van der Waals surface area contributed by atoms with E-state index in [-0.39, 0.29) is 11.2 Å². The van der Waals surface area contributed by atoms with Crippen molar-refractivity contribution in [3.8, 4) is 5.75 Å². The zero-order valence-corrected chi connectivity index (χ0v) is 19.2. The number of para-hydroxylation sites is 1. The molecule has 3 rings (SSSR count). The van der Waals surface area contributed by atoms with Crippen LogP contribution in [0.1, 0.15) is 17.7 Å². The highest BCUT2D eigenvalue weighted by Gasteiger charge is 2.40. The molecular formula is C22H27N3O6S. The molecule has 2 atom stereocenters. The molecule has 0 radical (unpaired) electrons. The van der Waals surface area contributed by atoms with Crippen molar-refractivity contribution in [1.29, 1.82) is 0 Å². The fourth-order valence-corrected chi connectivity index (χ4v) is 4.56. The smallest absolute Gasteiger partial charge is 0.303 e. The highest BCUT2D eigenvalue weighted by Crippen LogP contribution is 2.46. The van der Waals surface area contributed by atoms with Crippen molar-refractivity contribution in [2.75, 3.05) is 39.2 Å². The number of benzene rings is 2. The van der Waals surface area contributed by atoms with E-state index in [1.165, 1.54) is 12.3 Å². The Morgan fingerprint density at radius 3 is 2.38 bits per heavy atom. The van der Waals surface area contributed by atoms with Crippen LogP contribution in [0.2, 0.25) is 0 Å². The molecule has 1 aliphatic rings. The molecule has 2 aromatic carbocycles. The molecule has 1 aliphatic heterocycles. The zero-order valence-electron chi connectivity index (χ0n) is 18.4. The summed E-state index contributed by atoms with van der Waals surface area (Å²) in [5.74, 6) is 0.0528. The van der Waals surface area contributed by atoms with Gasteiger partial charge in [-0.3, -0.25) is 9.59 Å². The first kappa shape index (κ1) is 25.2. The summed E-state index contributed by atoms with van der Waals surface area (Å²) < 4.78 is 10.8. The summed E-state index contributed by atoms with van der Waals surface area (Å²) in [7, 11) is 5.54. The largest absolute Gasteiger partial charge is 0.497 e. The molecule has 0 spiro atoms. The lowest BCUT2D eigenvalue weighted by Gasteiger charge is -2.28. The molecule has 2 aromatic rings. The van der Waals surface area contributed by atoms with Crippen molar-refractivity contribution >= 4 is 29.3 Å². The first-order valence-electron chi connectivity index (χ1n) is 9.82. The van der Waals surface area contributed by atoms with Gasteiger partial charge in [0.2, 0.25) is 0 Å². The van der Waals surface area contributed by atoms with Crippen molar-refractivity contribution in [1.82, 2.24) is 4.90 Å². The van der Waals surface area contributed by atoms with Crippen molar-refractivity contribution in [3.05, 3.63) is 59.0 Å². The van der Waals surface area contributed by atoms with Crippen LogP contribution in [-0.4, -0.2) is 62.4 Å². The van der Waals surface area contributed by atoms with Crippen LogP contribution in [0.4, 0.5) is 5.69 Å². The summed E-state index contributed by atoms with van der Waals surface area (Å²) in [5, 5.41) is 7.53. The molecule has 0 fully saturated rings. The molecule has 0 aromatic heterocycles. The van der Waals surface area contributed by atoms with Gasteiger partial charge in [0.05, 0.1) is 18.0 Å². The summed E-state index contributed by atoms with van der Waals surface area (Å²) in [6.07, 6.45) is -0.916. The van der Waals surface area contributed by atoms with Crippen molar-refractivity contribution in [2.45, 2.75) is 23.2 Å². The number of likely N-dealkylation sites (N-methyl/N-ethyl adjacent to an activating group) is 1. The number of methoxy groups -OCH3 is 1. The van der Waals surface area contributed by atoms with Gasteiger partial charge in [0.15, 0.2) is 11.4 Å². The molecule has 1 amide bonds. The van der Waals surface area contributed by atoms with Crippen molar-refractivity contribution in [2.24, 2.45) is 5.34 Å². The normalized spacial score (nSPS) is 17.5. The number of thioether (sulfide) groups is 1. The van der Waals surface area contributed by atoms with Crippen LogP contribution in [0.15, 0.2) is 58.8 Å². The Morgan fingerprint density at radius 1 is 1.19 bits per heavy atom. The third-order valence-electron chi connectivity index (χ3n) is 4.70. The Labute approximate surface area is 191 Å². The predicted octanol–water partition coefficient (Wildman–Crippen LogP) is 3.51. The van der Waals surface area contributed by atoms with E-state index in [1.807, 2.05) is 67.5 Å². The zero-order chi connectivity index (χ0) is 23.7. The van der Waals surface area contributed by atoms with Gasteiger partial charge in [-0.15, -0.1) is 16.7 Å². The highest BCUT2D eigenvalue weighted by molar-refractivity contribution is 7.99. The number of amides is 1. The summed E-state index contributed by atoms with van der Waals surface area (Å²) in [4.78, 5) is 38.3. The van der Waals surface area contributed by atoms with Gasteiger partial charge in [-0.1, -0.05) is 24.3 Å². The molecule has 0 bridgehead atoms. The number of rotatable bonds is 6. The van der Waals surface area contributed by atoms with Crippen LogP contribution in [-0.2, 0) is 14.3 Å². The topological polar surface area (TPSA) is 109 Å². The third-order valence-corrected chi connectivity index (χ3v) is 6.07. The minimum atomic E-state index is -0.916. The molecule has 10 heteroatoms. The van der Waals surface area contributed by atoms with E-state index in [4.69, 9.17) is 19.6 Å². The number of ether oxygens (including phenoxy) is 2. The Bertz CT molecular complexity index is 922. The maximum Gasteiger partial charge on any atom is 0.303 e. The van der Waals surface area contributed by atoms with Crippen LogP contribution in [0.25, 0.3) is 0 Å². The molecule has 0 saturated heterocycles. The van der Waals surface area contributed by atoms with Crippen LogP contribution >= 0.6 is 11.8 Å². The Hall–Kier alpha value is -3.11. The number of esters is 1. The number of carbonyl (C=O) groups is 2. The standard InChI is InChI=1S/C22H26N2O4S.HNO2/c1-15(25)28-20-21(16-9-11-17(27-4)12-10-16)29-19-8-6-5-7-18(19)24(22(20)26)14-13-23(2)3;2-1-3/h5-12,20-21H,13-14H2,1-4H3;(H,2,3)/t20-,21+;/m1./s1. The quantitative estimate of drug-likeness (QED) is 0.395. The van der Waals surface area contributed by atoms with Gasteiger partial charge >= 0.3 is 5.97 Å². The molecule has 0 unspecified atom stereocenters. The molecule has 0 saturated carbocycles. The second kappa shape index (κ2) is 12.1. The van der Waals surface area contributed by atoms with Crippen molar-refractivity contribution in [3.63, 3.8) is 0 Å². The fraction of sp³-hybridized carbons (Fsp3) is 0.364. The van der Waals surface area contributed by atoms with E-state index in [0.29, 0.717) is 13.1 Å². The minimum absolute atomic E-state index is 0.208. The van der Waals surface area contributed by atoms with Gasteiger partial charge < -0.3 is 24.5 Å². The van der Waals surface area contributed by atoms with E-state index in [0.717, 1.165) is 21.9 Å². The van der Waals surface area contributed by atoms with Crippen LogP contribution in [0.5, 0.6) is 5.75 Å². The number of hydrogen-bond donors (Lipinski definition) is 1. The van der Waals surface area contributed by atoms with Gasteiger partial charge in [0, 0.05) is 24.9 Å². The average molecular weight is 462 g/mol. The van der Waals surface area contributed by atoms with Crippen LogP contribution in [0, 0.1) is 4.91 Å². The van der Waals surface area contributed by atoms with Gasteiger partial charge in [-0.25, -0.2) is 0 Å². The van der Waals surface area contributed by atoms with E-state index in [1.54, 1.807) is 23.8 Å². The number of hydrogen-bond acceptors (Lipinski definition) is 8. The SMILES string of the molecule is COc1ccc([C@@H]2Sc3ccccc3N(CCN(C)C)C(=O)[C@@H]2OC(C)=O)cc1.O=NO. The fourth-order valence-electron chi connectivity index (χ4n) is 3.24. The number of fused-ring (bicyclic) bond motifs is 1. The van der Waals surface area contributed by atoms with Crippen LogP contribution in [0.3, 0.4) is 0 Å². The second-order valence-corrected chi connectivity index (χ2v) is 8.37. The van der Waals surface area contributed by atoms with Gasteiger partial charge in [-0.05, 0) is 43.9 Å². The van der Waals surface area contributed by atoms with Crippen molar-refractivity contribution < 1.29 is 24.3 Å². The van der Waals surface area contributed by atoms with Gasteiger partial charge in [-0.2, -0.15) is 0 Å². The number of anilines is 1. The van der Waals surface area contributed by atoms with E-state index in [2.05, 4.69) is 0 Å². The van der Waals surface area contributed by atoms with Crippen LogP contribution < -0.4 is 9.64 Å². The van der Waals surface area contributed by atoms with E-state index >= 15 is 0 Å². The minimum Gasteiger partial charge on any atom is -0.497 e. The number of nitrogens with zero attached hydrogens (tertiary/aromatic N) is 3. The highest BCUT2D eigenvalue weighted by atomic mass is 32.2. The third kappa shape index (κ3) is 6.44. The molecule has 9 nitrogen and oxygen atoms in total. The average Bonchev–Trinajstić information content (AvgIpc) is 2.87. The second-order valence-electron chi connectivity index (χ2n) is 7.18. The summed E-state index contributed by atoms with van der Waals surface area (Å²) in [6.45, 7) is 2.55. The Morgan fingerprint density at radius 2 is 1.81 bits per heavy atom. The molecule has 32 heavy (non-hydrogen) atoms. The van der Waals surface area contributed by atoms with Gasteiger partial charge in [0.1, 0.15) is 5.75 Å². The Balaban J connectivity index is 0.00000114. The molecule has 172 valence electrons. The van der Waals surface area contributed by atoms with E-state index < -0.39 is 12.1 Å². The maximum absolute atomic E-state index is 13.6. The summed E-state index contributed by atoms with van der Waals surface area (Å²) in [5.41, 5.74) is 1.75. The first-order chi connectivity index (χ1) is 15.3. The first-order valence-corrected chi connectivity index (χ1v) is 10.7. The predicted molar refractivity (Wildman–Crippen MR) is 122 cm³/mol. The maximum atomic E-state index is 13.6. The monoisotopic (exact) mass is 461 g/mol. The summed E-state index contributed by atoms with van der Waals surface area (Å²) >= 11 is 1.54. The number of carbonyl (C=O) groups excluding carboxylic acids is 2. The lowest BCUT2D eigenvalue weighted by molar-refractivity contribution is -0.152. The molecule has 1 N–H and O–H groups in total. The van der Waals surface area contributed by atoms with Gasteiger partial charge in [0.25, 0.3) is 5.91 Å². The summed E-state index contributed by atoms with van der Waals surface area (Å²) in [6, 6.07) is 15.4.